The van der Waals surface area contributed by atoms with E-state index in [2.05, 4.69) is 133 Å². The summed E-state index contributed by atoms with van der Waals surface area (Å²) in [6, 6.07) is 28.3. The van der Waals surface area contributed by atoms with Crippen molar-refractivity contribution in [2.45, 2.75) is 102 Å². The number of rotatable bonds is 7. The number of carbonyl (C=O) groups is 2. The standard InChI is InChI=1S/C18H26BNO3.C12H14BrNO.C7H6Br2.C6H6BrNO/c1-17(2)18(3,4)23-19(22-17)15-10-8-14(9-11-15)13-20-12-6-5-7-16(20)21;13-11-6-4-10(5-7-11)9-14-8-2-1-3-12(14)15;8-5-6-1-3-7(9)4-2-6;7-5-1-2-6(4-9)8-3-5/h8-11H,5-7,12-13H2,1-4H3;4-7H,1-3,8-9H2;1-4H,5H2;1-3,9H,4H2. The summed E-state index contributed by atoms with van der Waals surface area (Å²) in [6.45, 7) is 11.5. The highest BCUT2D eigenvalue weighted by molar-refractivity contribution is 9.11. The first kappa shape index (κ1) is 46.3. The maximum absolute atomic E-state index is 11.9. The maximum atomic E-state index is 11.9. The van der Waals surface area contributed by atoms with Gasteiger partial charge in [0.2, 0.25) is 11.8 Å². The van der Waals surface area contributed by atoms with E-state index in [1.165, 1.54) is 11.1 Å². The summed E-state index contributed by atoms with van der Waals surface area (Å²) < 4.78 is 15.3. The molecule has 13 heteroatoms. The van der Waals surface area contributed by atoms with Crippen LogP contribution in [-0.4, -0.2) is 63.1 Å². The van der Waals surface area contributed by atoms with E-state index in [9.17, 15) is 9.59 Å². The van der Waals surface area contributed by atoms with Crippen LogP contribution < -0.4 is 5.46 Å². The minimum atomic E-state index is -0.328. The fourth-order valence-corrected chi connectivity index (χ4v) is 7.06. The number of alkyl halides is 1. The Morgan fingerprint density at radius 3 is 1.46 bits per heavy atom. The number of hydrogen-bond donors (Lipinski definition) is 1. The lowest BCUT2D eigenvalue weighted by molar-refractivity contribution is -0.134. The third-order valence-electron chi connectivity index (χ3n) is 10.0. The van der Waals surface area contributed by atoms with Crippen molar-refractivity contribution in [1.29, 1.82) is 0 Å². The van der Waals surface area contributed by atoms with Gasteiger partial charge in [-0.2, -0.15) is 0 Å². The number of nitrogens with zero attached hydrogens (tertiary/aromatic N) is 3. The predicted octanol–water partition coefficient (Wildman–Crippen LogP) is 10.1. The van der Waals surface area contributed by atoms with Crippen molar-refractivity contribution in [2.24, 2.45) is 0 Å². The first-order chi connectivity index (χ1) is 26.7. The van der Waals surface area contributed by atoms with Crippen molar-refractivity contribution in [1.82, 2.24) is 14.8 Å². The molecule has 4 heterocycles. The molecule has 0 aliphatic carbocycles. The highest BCUT2D eigenvalue weighted by Crippen LogP contribution is 2.36. The third kappa shape index (κ3) is 14.8. The molecule has 3 fully saturated rings. The van der Waals surface area contributed by atoms with Crippen molar-refractivity contribution in [3.8, 4) is 0 Å². The van der Waals surface area contributed by atoms with Crippen LogP contribution >= 0.6 is 63.7 Å². The van der Waals surface area contributed by atoms with E-state index in [1.54, 1.807) is 12.3 Å². The Hall–Kier alpha value is -2.39. The Morgan fingerprint density at radius 2 is 1.07 bits per heavy atom. The normalized spacial score (nSPS) is 17.2. The SMILES string of the molecule is BrCc1ccc(Br)cc1.CC1(C)OB(c2ccc(CN3CCCCC3=O)cc2)OC1(C)C.O=C1CCCCN1Cc1ccc(Br)cc1.OCc1ccc(Br)cn1. The Kier molecular flexibility index (Phi) is 18.8. The molecule has 2 amide bonds. The van der Waals surface area contributed by atoms with Crippen LogP contribution in [0.4, 0.5) is 0 Å². The first-order valence-corrected chi connectivity index (χ1v) is 22.5. The summed E-state index contributed by atoms with van der Waals surface area (Å²) in [7, 11) is -0.328. The second-order valence-electron chi connectivity index (χ2n) is 14.9. The van der Waals surface area contributed by atoms with Gasteiger partial charge in [-0.3, -0.25) is 14.6 Å². The van der Waals surface area contributed by atoms with Gasteiger partial charge in [-0.15, -0.1) is 0 Å². The van der Waals surface area contributed by atoms with Gasteiger partial charge < -0.3 is 24.2 Å². The topological polar surface area (TPSA) is 92.2 Å². The molecule has 7 rings (SSSR count). The quantitative estimate of drug-likeness (QED) is 0.147. The number of carbonyl (C=O) groups excluding carboxylic acids is 2. The lowest BCUT2D eigenvalue weighted by Crippen LogP contribution is -2.41. The minimum Gasteiger partial charge on any atom is -0.399 e. The van der Waals surface area contributed by atoms with E-state index in [1.807, 2.05) is 52.3 Å². The third-order valence-corrected chi connectivity index (χ3v) is 12.2. The number of aromatic nitrogens is 1. The fraction of sp³-hybridized carbons (Fsp3) is 0.419. The van der Waals surface area contributed by atoms with Gasteiger partial charge in [0.15, 0.2) is 0 Å². The van der Waals surface area contributed by atoms with Crippen molar-refractivity contribution in [2.75, 3.05) is 13.1 Å². The van der Waals surface area contributed by atoms with Gasteiger partial charge in [0, 0.05) is 64.0 Å². The molecule has 0 radical (unpaired) electrons. The van der Waals surface area contributed by atoms with Gasteiger partial charge in [0.25, 0.3) is 0 Å². The van der Waals surface area contributed by atoms with E-state index in [-0.39, 0.29) is 30.8 Å². The second-order valence-corrected chi connectivity index (χ2v) is 18.2. The largest absolute Gasteiger partial charge is 0.494 e. The second kappa shape index (κ2) is 22.7. The summed E-state index contributed by atoms with van der Waals surface area (Å²) in [5.41, 5.74) is 4.73. The molecule has 1 aromatic heterocycles. The molecule has 0 saturated carbocycles. The van der Waals surface area contributed by atoms with E-state index < -0.39 is 0 Å². The predicted molar refractivity (Wildman–Crippen MR) is 239 cm³/mol. The molecule has 3 aliphatic heterocycles. The summed E-state index contributed by atoms with van der Waals surface area (Å²) in [6.07, 6.45) is 7.39. The fourth-order valence-electron chi connectivity index (χ4n) is 5.92. The zero-order chi connectivity index (χ0) is 40.7. The van der Waals surface area contributed by atoms with Gasteiger partial charge in [0.1, 0.15) is 0 Å². The van der Waals surface area contributed by atoms with E-state index >= 15 is 0 Å². The number of hydrogen-bond acceptors (Lipinski definition) is 6. The summed E-state index contributed by atoms with van der Waals surface area (Å²) in [5, 5.41) is 9.48. The Bertz CT molecular complexity index is 1750. The molecule has 0 bridgehead atoms. The smallest absolute Gasteiger partial charge is 0.399 e. The highest BCUT2D eigenvalue weighted by Gasteiger charge is 2.51. The number of piperidine rings is 2. The maximum Gasteiger partial charge on any atom is 0.494 e. The molecular formula is C43H52BBr4N3O5. The Balaban J connectivity index is 0.000000181. The van der Waals surface area contributed by atoms with E-state index in [4.69, 9.17) is 14.4 Å². The molecule has 0 unspecified atom stereocenters. The van der Waals surface area contributed by atoms with Crippen LogP contribution in [-0.2, 0) is 43.9 Å². The molecule has 3 saturated heterocycles. The van der Waals surface area contributed by atoms with Crippen molar-refractivity contribution in [3.05, 3.63) is 127 Å². The minimum absolute atomic E-state index is 0.00722. The zero-order valence-corrected chi connectivity index (χ0v) is 39.0. The Labute approximate surface area is 366 Å². The van der Waals surface area contributed by atoms with Gasteiger partial charge in [-0.25, -0.2) is 0 Å². The van der Waals surface area contributed by atoms with Crippen LogP contribution in [0, 0.1) is 0 Å². The molecule has 0 spiro atoms. The Morgan fingerprint density at radius 1 is 0.643 bits per heavy atom. The van der Waals surface area contributed by atoms with Gasteiger partial charge in [-0.1, -0.05) is 96.3 Å². The summed E-state index contributed by atoms with van der Waals surface area (Å²) in [5.74, 6) is 0.565. The monoisotopic (exact) mass is 1020 g/mol. The molecule has 0 atom stereocenters. The molecule has 8 nitrogen and oxygen atoms in total. The van der Waals surface area contributed by atoms with E-state index in [0.29, 0.717) is 24.6 Å². The van der Waals surface area contributed by atoms with Crippen molar-refractivity contribution in [3.63, 3.8) is 0 Å². The number of aliphatic hydroxyl groups excluding tert-OH is 1. The van der Waals surface area contributed by atoms with Crippen LogP contribution in [0.1, 0.15) is 88.6 Å². The van der Waals surface area contributed by atoms with Gasteiger partial charge in [-0.05, 0) is 128 Å². The van der Waals surface area contributed by atoms with Crippen LogP contribution in [0.3, 0.4) is 0 Å². The molecule has 1 N–H and O–H groups in total. The molecule has 3 aromatic carbocycles. The first-order valence-electron chi connectivity index (χ1n) is 19.0. The zero-order valence-electron chi connectivity index (χ0n) is 32.7. The average molecular weight is 1020 g/mol. The molecule has 56 heavy (non-hydrogen) atoms. The average Bonchev–Trinajstić information content (AvgIpc) is 3.41. The van der Waals surface area contributed by atoms with Crippen LogP contribution in [0.15, 0.2) is 105 Å². The number of aliphatic hydroxyl groups is 1. The molecule has 4 aromatic rings. The molecular weight excluding hydrogens is 969 g/mol. The lowest BCUT2D eigenvalue weighted by Gasteiger charge is -2.32. The van der Waals surface area contributed by atoms with Crippen LogP contribution in [0.25, 0.3) is 0 Å². The van der Waals surface area contributed by atoms with Crippen molar-refractivity contribution < 1.29 is 24.0 Å². The number of likely N-dealkylation sites (tertiary alicyclic amines) is 2. The highest BCUT2D eigenvalue weighted by atomic mass is 79.9. The number of amides is 2. The summed E-state index contributed by atoms with van der Waals surface area (Å²) in [4.78, 5) is 31.3. The van der Waals surface area contributed by atoms with Crippen molar-refractivity contribution >= 4 is 88.1 Å². The molecule has 300 valence electrons. The van der Waals surface area contributed by atoms with E-state index in [0.717, 1.165) is 81.5 Å². The van der Waals surface area contributed by atoms with Crippen LogP contribution in [0.2, 0.25) is 0 Å². The van der Waals surface area contributed by atoms with Gasteiger partial charge >= 0.3 is 7.12 Å². The molecule has 3 aliphatic rings. The lowest BCUT2D eigenvalue weighted by atomic mass is 9.79. The number of benzene rings is 3. The number of pyridine rings is 1. The van der Waals surface area contributed by atoms with Crippen LogP contribution in [0.5, 0.6) is 0 Å². The van der Waals surface area contributed by atoms with Gasteiger partial charge in [0.05, 0.1) is 23.5 Å². The number of halogens is 4. The summed E-state index contributed by atoms with van der Waals surface area (Å²) >= 11 is 13.4.